The van der Waals surface area contributed by atoms with E-state index >= 15 is 0 Å². The summed E-state index contributed by atoms with van der Waals surface area (Å²) in [6.07, 6.45) is 7.15. The van der Waals surface area contributed by atoms with Crippen molar-refractivity contribution in [3.05, 3.63) is 30.1 Å². The Balaban J connectivity index is 2.31. The van der Waals surface area contributed by atoms with Gasteiger partial charge in [-0.3, -0.25) is 4.98 Å². The molecular weight excluding hydrogens is 198 g/mol. The monoisotopic (exact) mass is 221 g/mol. The molecule has 0 aliphatic rings. The second-order valence-electron chi connectivity index (χ2n) is 4.10. The number of pyridine rings is 1. The first kappa shape index (κ1) is 13.1. The van der Waals surface area contributed by atoms with E-state index in [0.29, 0.717) is 0 Å². The van der Waals surface area contributed by atoms with Crippen molar-refractivity contribution in [2.24, 2.45) is 5.73 Å². The molecule has 3 nitrogen and oxygen atoms in total. The minimum Gasteiger partial charge on any atom is -0.330 e. The maximum Gasteiger partial charge on any atom is 0.0300 e. The van der Waals surface area contributed by atoms with Crippen LogP contribution in [0.4, 0.5) is 0 Å². The Morgan fingerprint density at radius 2 is 2.19 bits per heavy atom. The van der Waals surface area contributed by atoms with Crippen molar-refractivity contribution in [2.45, 2.75) is 26.2 Å². The molecule has 0 bridgehead atoms. The summed E-state index contributed by atoms with van der Waals surface area (Å²) in [5.74, 6) is 0. The standard InChI is InChI=1S/C13H23N3/c1-2-9-16(10-4-7-14)11-6-13-5-3-8-15-12-13/h3,5,8,12H,2,4,6-7,9-11,14H2,1H3. The summed E-state index contributed by atoms with van der Waals surface area (Å²) < 4.78 is 0. The van der Waals surface area contributed by atoms with Crippen LogP contribution in [0.5, 0.6) is 0 Å². The molecular formula is C13H23N3. The van der Waals surface area contributed by atoms with Crippen molar-refractivity contribution >= 4 is 0 Å². The molecule has 0 aliphatic heterocycles. The first-order valence-electron chi connectivity index (χ1n) is 6.18. The number of nitrogens with two attached hydrogens (primary N) is 1. The van der Waals surface area contributed by atoms with E-state index in [-0.39, 0.29) is 0 Å². The first-order valence-corrected chi connectivity index (χ1v) is 6.18. The van der Waals surface area contributed by atoms with Crippen LogP contribution >= 0.6 is 0 Å². The van der Waals surface area contributed by atoms with Crippen LogP contribution in [-0.4, -0.2) is 36.1 Å². The molecule has 3 heteroatoms. The largest absolute Gasteiger partial charge is 0.330 e. The van der Waals surface area contributed by atoms with Gasteiger partial charge in [-0.1, -0.05) is 13.0 Å². The number of aromatic nitrogens is 1. The first-order chi connectivity index (χ1) is 7.86. The maximum absolute atomic E-state index is 5.54. The zero-order valence-electron chi connectivity index (χ0n) is 10.2. The Hall–Kier alpha value is -0.930. The lowest BCUT2D eigenvalue weighted by Gasteiger charge is -2.21. The minimum absolute atomic E-state index is 0.785. The van der Waals surface area contributed by atoms with Crippen LogP contribution in [0.3, 0.4) is 0 Å². The molecule has 1 aromatic rings. The summed E-state index contributed by atoms with van der Waals surface area (Å²) in [5.41, 5.74) is 6.86. The molecule has 90 valence electrons. The molecule has 0 amide bonds. The number of hydrogen-bond acceptors (Lipinski definition) is 3. The lowest BCUT2D eigenvalue weighted by atomic mass is 10.2. The van der Waals surface area contributed by atoms with Crippen LogP contribution in [0.15, 0.2) is 24.5 Å². The molecule has 16 heavy (non-hydrogen) atoms. The van der Waals surface area contributed by atoms with Gasteiger partial charge in [-0.2, -0.15) is 0 Å². The van der Waals surface area contributed by atoms with Crippen LogP contribution in [0, 0.1) is 0 Å². The number of nitrogens with zero attached hydrogens (tertiary/aromatic N) is 2. The highest BCUT2D eigenvalue weighted by molar-refractivity contribution is 5.08. The Morgan fingerprint density at radius 1 is 1.31 bits per heavy atom. The van der Waals surface area contributed by atoms with Crippen molar-refractivity contribution in [1.29, 1.82) is 0 Å². The van der Waals surface area contributed by atoms with Gasteiger partial charge in [0.25, 0.3) is 0 Å². The molecule has 2 N–H and O–H groups in total. The minimum atomic E-state index is 0.785. The molecule has 0 spiro atoms. The molecule has 0 saturated heterocycles. The highest BCUT2D eigenvalue weighted by Gasteiger charge is 2.03. The molecule has 0 unspecified atom stereocenters. The summed E-state index contributed by atoms with van der Waals surface area (Å²) in [6.45, 7) is 6.40. The van der Waals surface area contributed by atoms with Gasteiger partial charge in [0.1, 0.15) is 0 Å². The van der Waals surface area contributed by atoms with Gasteiger partial charge in [-0.25, -0.2) is 0 Å². The third-order valence-electron chi connectivity index (χ3n) is 2.66. The van der Waals surface area contributed by atoms with Gasteiger partial charge in [0, 0.05) is 18.9 Å². The van der Waals surface area contributed by atoms with E-state index in [4.69, 9.17) is 5.73 Å². The molecule has 1 aromatic heterocycles. The van der Waals surface area contributed by atoms with Crippen molar-refractivity contribution in [1.82, 2.24) is 9.88 Å². The predicted molar refractivity (Wildman–Crippen MR) is 68.3 cm³/mol. The summed E-state index contributed by atoms with van der Waals surface area (Å²) in [7, 11) is 0. The van der Waals surface area contributed by atoms with Gasteiger partial charge in [0.05, 0.1) is 0 Å². The van der Waals surface area contributed by atoms with Gasteiger partial charge in [-0.15, -0.1) is 0 Å². The van der Waals surface area contributed by atoms with Gasteiger partial charge in [0.15, 0.2) is 0 Å². The zero-order valence-corrected chi connectivity index (χ0v) is 10.2. The fourth-order valence-electron chi connectivity index (χ4n) is 1.80. The third-order valence-corrected chi connectivity index (χ3v) is 2.66. The molecule has 0 aliphatic carbocycles. The quantitative estimate of drug-likeness (QED) is 0.726. The summed E-state index contributed by atoms with van der Waals surface area (Å²) in [5, 5.41) is 0. The Morgan fingerprint density at radius 3 is 2.81 bits per heavy atom. The van der Waals surface area contributed by atoms with Gasteiger partial charge < -0.3 is 10.6 Å². The average Bonchev–Trinajstić information content (AvgIpc) is 2.34. The van der Waals surface area contributed by atoms with Crippen molar-refractivity contribution in [2.75, 3.05) is 26.2 Å². The molecule has 1 heterocycles. The summed E-state index contributed by atoms with van der Waals surface area (Å²) in [6, 6.07) is 4.14. The second-order valence-corrected chi connectivity index (χ2v) is 4.10. The van der Waals surface area contributed by atoms with E-state index in [1.54, 1.807) is 0 Å². The lowest BCUT2D eigenvalue weighted by Crippen LogP contribution is -2.29. The Kier molecular flexibility index (Phi) is 6.77. The van der Waals surface area contributed by atoms with E-state index in [1.807, 2.05) is 18.5 Å². The van der Waals surface area contributed by atoms with Crippen LogP contribution in [-0.2, 0) is 6.42 Å². The maximum atomic E-state index is 5.54. The molecule has 0 aromatic carbocycles. The third kappa shape index (κ3) is 5.24. The molecule has 0 saturated carbocycles. The predicted octanol–water partition coefficient (Wildman–Crippen LogP) is 1.68. The number of rotatable bonds is 8. The summed E-state index contributed by atoms with van der Waals surface area (Å²) >= 11 is 0. The topological polar surface area (TPSA) is 42.1 Å². The fraction of sp³-hybridized carbons (Fsp3) is 0.615. The van der Waals surface area contributed by atoms with E-state index in [1.165, 1.54) is 18.5 Å². The number of hydrogen-bond donors (Lipinski definition) is 1. The lowest BCUT2D eigenvalue weighted by molar-refractivity contribution is 0.275. The zero-order chi connectivity index (χ0) is 11.6. The van der Waals surface area contributed by atoms with E-state index in [0.717, 1.165) is 32.5 Å². The Bertz CT molecular complexity index is 261. The second kappa shape index (κ2) is 8.25. The normalized spacial score (nSPS) is 10.9. The van der Waals surface area contributed by atoms with Gasteiger partial charge in [-0.05, 0) is 50.5 Å². The Labute approximate surface area is 98.7 Å². The van der Waals surface area contributed by atoms with Crippen LogP contribution in [0.2, 0.25) is 0 Å². The smallest absolute Gasteiger partial charge is 0.0300 e. The highest BCUT2D eigenvalue weighted by Crippen LogP contribution is 2.01. The van der Waals surface area contributed by atoms with Crippen molar-refractivity contribution in [3.63, 3.8) is 0 Å². The van der Waals surface area contributed by atoms with Crippen LogP contribution in [0.25, 0.3) is 0 Å². The highest BCUT2D eigenvalue weighted by atomic mass is 15.1. The molecule has 0 fully saturated rings. The van der Waals surface area contributed by atoms with E-state index in [2.05, 4.69) is 22.9 Å². The molecule has 1 rings (SSSR count). The van der Waals surface area contributed by atoms with E-state index < -0.39 is 0 Å². The van der Waals surface area contributed by atoms with Gasteiger partial charge in [0.2, 0.25) is 0 Å². The average molecular weight is 221 g/mol. The SMILES string of the molecule is CCCN(CCCN)CCc1cccnc1. The molecule has 0 radical (unpaired) electrons. The van der Waals surface area contributed by atoms with E-state index in [9.17, 15) is 0 Å². The van der Waals surface area contributed by atoms with Crippen molar-refractivity contribution < 1.29 is 0 Å². The fourth-order valence-corrected chi connectivity index (χ4v) is 1.80. The van der Waals surface area contributed by atoms with Crippen molar-refractivity contribution in [3.8, 4) is 0 Å². The van der Waals surface area contributed by atoms with Gasteiger partial charge >= 0.3 is 0 Å². The van der Waals surface area contributed by atoms with Crippen LogP contribution in [0.1, 0.15) is 25.3 Å². The van der Waals surface area contributed by atoms with Crippen LogP contribution < -0.4 is 5.73 Å². The summed E-state index contributed by atoms with van der Waals surface area (Å²) in [4.78, 5) is 6.62. The molecule has 0 atom stereocenters.